The molecule has 0 amide bonds. The molecule has 3 heteroatoms. The first-order valence-corrected chi connectivity index (χ1v) is 7.13. The molecule has 108 valence electrons. The number of rotatable bonds is 8. The normalized spacial score (nSPS) is 14.4. The number of ether oxygens (including phenoxy) is 1. The minimum absolute atomic E-state index is 0.198. The number of hydrogen-bond acceptors (Lipinski definition) is 3. The Balaban J connectivity index is 2.60. The fourth-order valence-electron chi connectivity index (χ4n) is 2.16. The average Bonchev–Trinajstić information content (AvgIpc) is 2.43. The molecule has 2 N–H and O–H groups in total. The Labute approximate surface area is 117 Å². The van der Waals surface area contributed by atoms with Crippen molar-refractivity contribution in [2.24, 2.45) is 5.92 Å². The lowest BCUT2D eigenvalue weighted by molar-refractivity contribution is 0.157. The number of aliphatic hydroxyl groups is 1. The molecule has 0 bridgehead atoms. The molecule has 1 aromatic carbocycles. The van der Waals surface area contributed by atoms with Crippen LogP contribution < -0.4 is 10.1 Å². The molecule has 0 heterocycles. The number of methoxy groups -OCH3 is 1. The zero-order valence-corrected chi connectivity index (χ0v) is 12.5. The Morgan fingerprint density at radius 2 is 1.84 bits per heavy atom. The van der Waals surface area contributed by atoms with Crippen LogP contribution in [0.1, 0.15) is 45.2 Å². The summed E-state index contributed by atoms with van der Waals surface area (Å²) < 4.78 is 5.18. The molecular weight excluding hydrogens is 238 g/mol. The summed E-state index contributed by atoms with van der Waals surface area (Å²) in [6.07, 6.45) is 1.42. The largest absolute Gasteiger partial charge is 0.497 e. The SMILES string of the molecule is CCC(O)CCNC(c1ccc(OC)cc1)C(C)C. The summed E-state index contributed by atoms with van der Waals surface area (Å²) in [6, 6.07) is 8.51. The molecule has 0 spiro atoms. The minimum Gasteiger partial charge on any atom is -0.497 e. The molecule has 0 saturated carbocycles. The van der Waals surface area contributed by atoms with Crippen LogP contribution in [0, 0.1) is 5.92 Å². The molecule has 0 radical (unpaired) electrons. The van der Waals surface area contributed by atoms with Crippen molar-refractivity contribution in [1.82, 2.24) is 5.32 Å². The Kier molecular flexibility index (Phi) is 6.89. The third-order valence-corrected chi connectivity index (χ3v) is 3.45. The standard InChI is InChI=1S/C16H27NO2/c1-5-14(18)10-11-17-16(12(2)3)13-6-8-15(19-4)9-7-13/h6-9,12,14,16-18H,5,10-11H2,1-4H3. The summed E-state index contributed by atoms with van der Waals surface area (Å²) in [4.78, 5) is 0. The summed E-state index contributed by atoms with van der Waals surface area (Å²) in [7, 11) is 1.68. The van der Waals surface area contributed by atoms with Gasteiger partial charge in [-0.1, -0.05) is 32.9 Å². The lowest BCUT2D eigenvalue weighted by atomic mass is 9.95. The van der Waals surface area contributed by atoms with E-state index >= 15 is 0 Å². The van der Waals surface area contributed by atoms with Gasteiger partial charge in [0.25, 0.3) is 0 Å². The molecule has 1 rings (SSSR count). The van der Waals surface area contributed by atoms with Gasteiger partial charge >= 0.3 is 0 Å². The van der Waals surface area contributed by atoms with Gasteiger partial charge in [0.2, 0.25) is 0 Å². The summed E-state index contributed by atoms with van der Waals surface area (Å²) >= 11 is 0. The van der Waals surface area contributed by atoms with Crippen LogP contribution >= 0.6 is 0 Å². The summed E-state index contributed by atoms with van der Waals surface area (Å²) in [5.74, 6) is 1.39. The number of benzene rings is 1. The second kappa shape index (κ2) is 8.18. The monoisotopic (exact) mass is 265 g/mol. The maximum Gasteiger partial charge on any atom is 0.118 e. The van der Waals surface area contributed by atoms with Crippen molar-refractivity contribution >= 4 is 0 Å². The first kappa shape index (κ1) is 16.0. The third-order valence-electron chi connectivity index (χ3n) is 3.45. The van der Waals surface area contributed by atoms with Gasteiger partial charge in [-0.05, 0) is 43.0 Å². The second-order valence-corrected chi connectivity index (χ2v) is 5.30. The fourth-order valence-corrected chi connectivity index (χ4v) is 2.16. The quantitative estimate of drug-likeness (QED) is 0.758. The third kappa shape index (κ3) is 5.21. The summed E-state index contributed by atoms with van der Waals surface area (Å²) in [6.45, 7) is 7.26. The molecular formula is C16H27NO2. The van der Waals surface area contributed by atoms with E-state index in [1.54, 1.807) is 7.11 Å². The highest BCUT2D eigenvalue weighted by Crippen LogP contribution is 2.23. The Morgan fingerprint density at radius 3 is 2.32 bits per heavy atom. The lowest BCUT2D eigenvalue weighted by Crippen LogP contribution is -2.28. The molecule has 19 heavy (non-hydrogen) atoms. The van der Waals surface area contributed by atoms with Crippen molar-refractivity contribution in [3.63, 3.8) is 0 Å². The van der Waals surface area contributed by atoms with Crippen LogP contribution in [0.25, 0.3) is 0 Å². The number of nitrogens with one attached hydrogen (secondary N) is 1. The van der Waals surface area contributed by atoms with Crippen LogP contribution in [-0.2, 0) is 0 Å². The molecule has 0 fully saturated rings. The molecule has 0 aromatic heterocycles. The van der Waals surface area contributed by atoms with E-state index in [4.69, 9.17) is 4.74 Å². The van der Waals surface area contributed by atoms with E-state index in [0.717, 1.165) is 25.1 Å². The van der Waals surface area contributed by atoms with Crippen molar-refractivity contribution in [1.29, 1.82) is 0 Å². The van der Waals surface area contributed by atoms with E-state index < -0.39 is 0 Å². The molecule has 0 aliphatic carbocycles. The van der Waals surface area contributed by atoms with E-state index in [9.17, 15) is 5.11 Å². The smallest absolute Gasteiger partial charge is 0.118 e. The van der Waals surface area contributed by atoms with Crippen LogP contribution in [0.4, 0.5) is 0 Å². The van der Waals surface area contributed by atoms with Gasteiger partial charge in [0, 0.05) is 6.04 Å². The van der Waals surface area contributed by atoms with Crippen molar-refractivity contribution in [3.05, 3.63) is 29.8 Å². The van der Waals surface area contributed by atoms with Gasteiger partial charge in [-0.2, -0.15) is 0 Å². The van der Waals surface area contributed by atoms with Gasteiger partial charge < -0.3 is 15.2 Å². The highest BCUT2D eigenvalue weighted by atomic mass is 16.5. The first-order chi connectivity index (χ1) is 9.08. The highest BCUT2D eigenvalue weighted by Gasteiger charge is 2.15. The minimum atomic E-state index is -0.198. The van der Waals surface area contributed by atoms with E-state index in [-0.39, 0.29) is 6.10 Å². The Bertz CT molecular complexity index is 348. The van der Waals surface area contributed by atoms with E-state index in [0.29, 0.717) is 12.0 Å². The van der Waals surface area contributed by atoms with Crippen LogP contribution in [-0.4, -0.2) is 24.9 Å². The molecule has 1 aromatic rings. The molecule has 3 nitrogen and oxygen atoms in total. The van der Waals surface area contributed by atoms with Crippen molar-refractivity contribution < 1.29 is 9.84 Å². The maximum atomic E-state index is 9.59. The van der Waals surface area contributed by atoms with Gasteiger partial charge in [-0.25, -0.2) is 0 Å². The fraction of sp³-hybridized carbons (Fsp3) is 0.625. The zero-order valence-electron chi connectivity index (χ0n) is 12.5. The van der Waals surface area contributed by atoms with Crippen LogP contribution in [0.3, 0.4) is 0 Å². The highest BCUT2D eigenvalue weighted by molar-refractivity contribution is 5.29. The van der Waals surface area contributed by atoms with E-state index in [2.05, 4.69) is 31.3 Å². The first-order valence-electron chi connectivity index (χ1n) is 7.13. The van der Waals surface area contributed by atoms with E-state index in [1.807, 2.05) is 19.1 Å². The number of aliphatic hydroxyl groups excluding tert-OH is 1. The second-order valence-electron chi connectivity index (χ2n) is 5.30. The topological polar surface area (TPSA) is 41.5 Å². The van der Waals surface area contributed by atoms with Crippen molar-refractivity contribution in [2.75, 3.05) is 13.7 Å². The maximum absolute atomic E-state index is 9.59. The van der Waals surface area contributed by atoms with Gasteiger partial charge in [0.15, 0.2) is 0 Å². The number of hydrogen-bond donors (Lipinski definition) is 2. The van der Waals surface area contributed by atoms with Crippen LogP contribution in [0.5, 0.6) is 5.75 Å². The van der Waals surface area contributed by atoms with Gasteiger partial charge in [-0.15, -0.1) is 0 Å². The van der Waals surface area contributed by atoms with E-state index in [1.165, 1.54) is 5.56 Å². The van der Waals surface area contributed by atoms with Crippen molar-refractivity contribution in [2.45, 2.75) is 45.8 Å². The Hall–Kier alpha value is -1.06. The van der Waals surface area contributed by atoms with Crippen LogP contribution in [0.2, 0.25) is 0 Å². The average molecular weight is 265 g/mol. The van der Waals surface area contributed by atoms with Gasteiger partial charge in [-0.3, -0.25) is 0 Å². The molecule has 0 saturated heterocycles. The summed E-state index contributed by atoms with van der Waals surface area (Å²) in [5, 5.41) is 13.1. The molecule has 0 aliphatic rings. The molecule has 2 unspecified atom stereocenters. The predicted molar refractivity (Wildman–Crippen MR) is 79.5 cm³/mol. The summed E-state index contributed by atoms with van der Waals surface area (Å²) in [5.41, 5.74) is 1.27. The molecule has 0 aliphatic heterocycles. The lowest BCUT2D eigenvalue weighted by Gasteiger charge is -2.24. The molecule has 2 atom stereocenters. The van der Waals surface area contributed by atoms with Gasteiger partial charge in [0.1, 0.15) is 5.75 Å². The Morgan fingerprint density at radius 1 is 1.21 bits per heavy atom. The van der Waals surface area contributed by atoms with Crippen LogP contribution in [0.15, 0.2) is 24.3 Å². The zero-order chi connectivity index (χ0) is 14.3. The predicted octanol–water partition coefficient (Wildman–Crippen LogP) is 3.14. The van der Waals surface area contributed by atoms with Gasteiger partial charge in [0.05, 0.1) is 13.2 Å². The van der Waals surface area contributed by atoms with Crippen molar-refractivity contribution in [3.8, 4) is 5.75 Å².